The summed E-state index contributed by atoms with van der Waals surface area (Å²) >= 11 is 6.19. The van der Waals surface area contributed by atoms with Gasteiger partial charge in [-0.05, 0) is 43.7 Å². The summed E-state index contributed by atoms with van der Waals surface area (Å²) in [5.74, 6) is 0.643. The lowest BCUT2D eigenvalue weighted by molar-refractivity contribution is -0.129. The lowest BCUT2D eigenvalue weighted by atomic mass is 9.95. The fourth-order valence-corrected chi connectivity index (χ4v) is 4.69. The number of halogens is 1. The first kappa shape index (κ1) is 18.8. The van der Waals surface area contributed by atoms with Gasteiger partial charge in [0.2, 0.25) is 5.91 Å². The molecule has 1 atom stereocenters. The summed E-state index contributed by atoms with van der Waals surface area (Å²) in [4.78, 5) is 29.9. The summed E-state index contributed by atoms with van der Waals surface area (Å²) in [6, 6.07) is 7.57. The van der Waals surface area contributed by atoms with E-state index in [1.54, 1.807) is 12.1 Å². The molecule has 3 aliphatic rings. The van der Waals surface area contributed by atoms with Gasteiger partial charge in [-0.25, -0.2) is 0 Å². The van der Waals surface area contributed by atoms with Crippen molar-refractivity contribution < 1.29 is 9.59 Å². The van der Waals surface area contributed by atoms with E-state index in [1.807, 2.05) is 17.0 Å². The molecule has 1 saturated heterocycles. The van der Waals surface area contributed by atoms with Crippen LogP contribution >= 0.6 is 11.6 Å². The van der Waals surface area contributed by atoms with E-state index >= 15 is 0 Å². The molecule has 0 unspecified atom stereocenters. The molecule has 1 aromatic carbocycles. The molecule has 2 aliphatic carbocycles. The predicted octanol–water partition coefficient (Wildman–Crippen LogP) is 2.94. The number of benzene rings is 1. The van der Waals surface area contributed by atoms with Crippen molar-refractivity contribution in [2.75, 3.05) is 26.2 Å². The molecular formula is C21H28ClN3O2. The van der Waals surface area contributed by atoms with Crippen LogP contribution < -0.4 is 5.32 Å². The molecule has 2 amide bonds. The third kappa shape index (κ3) is 4.30. The first-order valence-electron chi connectivity index (χ1n) is 10.2. The van der Waals surface area contributed by atoms with E-state index in [2.05, 4.69) is 10.2 Å². The summed E-state index contributed by atoms with van der Waals surface area (Å²) in [5.41, 5.74) is 0.562. The van der Waals surface area contributed by atoms with Crippen LogP contribution in [0.5, 0.6) is 0 Å². The van der Waals surface area contributed by atoms with Gasteiger partial charge < -0.3 is 10.2 Å². The van der Waals surface area contributed by atoms with E-state index in [1.165, 1.54) is 12.8 Å². The first-order valence-corrected chi connectivity index (χ1v) is 10.6. The normalized spacial score (nSPS) is 22.6. The zero-order valence-electron chi connectivity index (χ0n) is 15.7. The molecule has 0 spiro atoms. The summed E-state index contributed by atoms with van der Waals surface area (Å²) in [7, 11) is 0. The number of nitrogens with zero attached hydrogens (tertiary/aromatic N) is 2. The fourth-order valence-electron chi connectivity index (χ4n) is 4.47. The van der Waals surface area contributed by atoms with Gasteiger partial charge in [-0.3, -0.25) is 14.5 Å². The second kappa shape index (κ2) is 8.19. The van der Waals surface area contributed by atoms with Crippen LogP contribution in [0.1, 0.15) is 48.9 Å². The topological polar surface area (TPSA) is 52.7 Å². The van der Waals surface area contributed by atoms with Crippen molar-refractivity contribution in [3.8, 4) is 0 Å². The van der Waals surface area contributed by atoms with Gasteiger partial charge in [-0.1, -0.05) is 36.6 Å². The molecular weight excluding hydrogens is 362 g/mol. The summed E-state index contributed by atoms with van der Waals surface area (Å²) in [6.45, 7) is 2.78. The van der Waals surface area contributed by atoms with Gasteiger partial charge in [-0.2, -0.15) is 0 Å². The molecule has 1 N–H and O–H groups in total. The van der Waals surface area contributed by atoms with E-state index in [9.17, 15) is 9.59 Å². The van der Waals surface area contributed by atoms with Crippen LogP contribution in [0.15, 0.2) is 24.3 Å². The highest BCUT2D eigenvalue weighted by atomic mass is 35.5. The molecule has 1 heterocycles. The van der Waals surface area contributed by atoms with Crippen LogP contribution in [0.4, 0.5) is 0 Å². The lowest BCUT2D eigenvalue weighted by Crippen LogP contribution is -2.58. The molecule has 0 bridgehead atoms. The van der Waals surface area contributed by atoms with Gasteiger partial charge in [0, 0.05) is 32.2 Å². The molecule has 1 aliphatic heterocycles. The smallest absolute Gasteiger partial charge is 0.255 e. The van der Waals surface area contributed by atoms with Crippen LogP contribution in [0, 0.1) is 5.92 Å². The van der Waals surface area contributed by atoms with Crippen LogP contribution in [0.3, 0.4) is 0 Å². The summed E-state index contributed by atoms with van der Waals surface area (Å²) in [6.07, 6.45) is 6.96. The number of hydrogen-bond acceptors (Lipinski definition) is 3. The minimum Gasteiger partial charge on any atom is -0.352 e. The van der Waals surface area contributed by atoms with E-state index in [4.69, 9.17) is 11.6 Å². The molecule has 0 radical (unpaired) electrons. The van der Waals surface area contributed by atoms with E-state index in [-0.39, 0.29) is 17.9 Å². The van der Waals surface area contributed by atoms with E-state index < -0.39 is 0 Å². The van der Waals surface area contributed by atoms with Crippen LogP contribution in [0.2, 0.25) is 5.02 Å². The number of amides is 2. The van der Waals surface area contributed by atoms with Gasteiger partial charge in [0.25, 0.3) is 5.91 Å². The largest absolute Gasteiger partial charge is 0.352 e. The molecule has 6 heteroatoms. The summed E-state index contributed by atoms with van der Waals surface area (Å²) < 4.78 is 0. The molecule has 5 nitrogen and oxygen atoms in total. The predicted molar refractivity (Wildman–Crippen MR) is 106 cm³/mol. The second-order valence-corrected chi connectivity index (χ2v) is 8.49. The molecule has 146 valence electrons. The molecule has 27 heavy (non-hydrogen) atoms. The Hall–Kier alpha value is -1.59. The van der Waals surface area contributed by atoms with Crippen molar-refractivity contribution in [1.82, 2.24) is 15.1 Å². The van der Waals surface area contributed by atoms with Gasteiger partial charge >= 0.3 is 0 Å². The Labute approximate surface area is 166 Å². The van der Waals surface area contributed by atoms with Gasteiger partial charge in [0.1, 0.15) is 0 Å². The van der Waals surface area contributed by atoms with Crippen LogP contribution in [-0.4, -0.2) is 59.9 Å². The molecule has 2 saturated carbocycles. The Balaban J connectivity index is 1.40. The zero-order valence-corrected chi connectivity index (χ0v) is 16.5. The van der Waals surface area contributed by atoms with Crippen molar-refractivity contribution >= 4 is 23.4 Å². The molecule has 4 rings (SSSR count). The molecule has 1 aromatic rings. The monoisotopic (exact) mass is 389 g/mol. The Kier molecular flexibility index (Phi) is 5.69. The van der Waals surface area contributed by atoms with E-state index in [0.717, 1.165) is 38.8 Å². The van der Waals surface area contributed by atoms with E-state index in [0.29, 0.717) is 35.6 Å². The Morgan fingerprint density at radius 3 is 2.30 bits per heavy atom. The Morgan fingerprint density at radius 2 is 1.67 bits per heavy atom. The standard InChI is InChI=1S/C21H28ClN3O2/c22-18-8-4-3-7-17(18)21(27)25-13-11-24(12-14-25)19(15-5-1-2-6-15)20(26)23-16-9-10-16/h3-4,7-8,15-16,19H,1-2,5-6,9-14H2,(H,23,26)/t19-/m1/s1. The first-order chi connectivity index (χ1) is 13.1. The van der Waals surface area contributed by atoms with Crippen molar-refractivity contribution in [1.29, 1.82) is 0 Å². The van der Waals surface area contributed by atoms with Crippen LogP contribution in [-0.2, 0) is 4.79 Å². The Morgan fingerprint density at radius 1 is 1.00 bits per heavy atom. The average molecular weight is 390 g/mol. The zero-order chi connectivity index (χ0) is 18.8. The maximum Gasteiger partial charge on any atom is 0.255 e. The maximum absolute atomic E-state index is 12.9. The fraction of sp³-hybridized carbons (Fsp3) is 0.619. The quantitative estimate of drug-likeness (QED) is 0.842. The highest BCUT2D eigenvalue weighted by Gasteiger charge is 2.39. The lowest BCUT2D eigenvalue weighted by Gasteiger charge is -2.40. The second-order valence-electron chi connectivity index (χ2n) is 8.08. The number of piperazine rings is 1. The number of nitrogens with one attached hydrogen (secondary N) is 1. The minimum absolute atomic E-state index is 0.0138. The maximum atomic E-state index is 12.9. The van der Waals surface area contributed by atoms with Crippen molar-refractivity contribution in [2.24, 2.45) is 5.92 Å². The summed E-state index contributed by atoms with van der Waals surface area (Å²) in [5, 5.41) is 3.71. The number of rotatable bonds is 5. The molecule has 3 fully saturated rings. The van der Waals surface area contributed by atoms with Crippen molar-refractivity contribution in [3.05, 3.63) is 34.9 Å². The van der Waals surface area contributed by atoms with Crippen molar-refractivity contribution in [2.45, 2.75) is 50.6 Å². The number of carbonyl (C=O) groups excluding carboxylic acids is 2. The van der Waals surface area contributed by atoms with Gasteiger partial charge in [-0.15, -0.1) is 0 Å². The number of carbonyl (C=O) groups is 2. The highest BCUT2D eigenvalue weighted by Crippen LogP contribution is 2.32. The average Bonchev–Trinajstić information content (AvgIpc) is 3.33. The van der Waals surface area contributed by atoms with Gasteiger partial charge in [0.05, 0.1) is 16.6 Å². The van der Waals surface area contributed by atoms with Crippen LogP contribution in [0.25, 0.3) is 0 Å². The SMILES string of the molecule is O=C(NC1CC1)[C@@H](C1CCCC1)N1CCN(C(=O)c2ccccc2Cl)CC1. The third-order valence-corrected chi connectivity index (χ3v) is 6.47. The molecule has 0 aromatic heterocycles. The number of hydrogen-bond donors (Lipinski definition) is 1. The van der Waals surface area contributed by atoms with Crippen molar-refractivity contribution in [3.63, 3.8) is 0 Å². The highest BCUT2D eigenvalue weighted by molar-refractivity contribution is 6.33. The third-order valence-electron chi connectivity index (χ3n) is 6.14. The minimum atomic E-state index is -0.0364. The Bertz CT molecular complexity index is 692. The van der Waals surface area contributed by atoms with Gasteiger partial charge in [0.15, 0.2) is 0 Å².